The van der Waals surface area contributed by atoms with Crippen molar-refractivity contribution < 1.29 is 4.43 Å². The molecule has 0 aliphatic carbocycles. The van der Waals surface area contributed by atoms with Gasteiger partial charge < -0.3 is 4.43 Å². The molecular weight excluding hydrogens is 140 g/mol. The molecule has 0 amide bonds. The second-order valence-corrected chi connectivity index (χ2v) is 4.98. The normalized spacial score (nSPS) is 30.2. The Bertz CT molecular complexity index is 131. The van der Waals surface area contributed by atoms with Crippen LogP contribution in [0.2, 0.25) is 6.04 Å². The Hall–Kier alpha value is -0.113. The van der Waals surface area contributed by atoms with Crippen LogP contribution in [-0.2, 0) is 4.43 Å². The van der Waals surface area contributed by atoms with E-state index in [1.165, 1.54) is 25.3 Å². The van der Waals surface area contributed by atoms with Crippen molar-refractivity contribution in [2.24, 2.45) is 0 Å². The summed E-state index contributed by atoms with van der Waals surface area (Å²) >= 11 is 0. The minimum absolute atomic E-state index is 0.473. The molecule has 1 rings (SSSR count). The first-order chi connectivity index (χ1) is 4.83. The maximum atomic E-state index is 5.77. The number of rotatable bonds is 1. The lowest BCUT2D eigenvalue weighted by Crippen LogP contribution is -2.23. The van der Waals surface area contributed by atoms with E-state index in [9.17, 15) is 0 Å². The van der Waals surface area contributed by atoms with E-state index in [4.69, 9.17) is 4.43 Å². The first-order valence-corrected chi connectivity index (χ1v) is 5.88. The van der Waals surface area contributed by atoms with Crippen molar-refractivity contribution in [1.29, 1.82) is 0 Å². The SMILES string of the molecule is CCC=[Si]1CCCC(C)O1. The first kappa shape index (κ1) is 7.99. The van der Waals surface area contributed by atoms with Gasteiger partial charge >= 0.3 is 0 Å². The van der Waals surface area contributed by atoms with E-state index >= 15 is 0 Å². The summed E-state index contributed by atoms with van der Waals surface area (Å²) in [5, 5.41) is 0. The zero-order valence-electron chi connectivity index (χ0n) is 6.89. The third kappa shape index (κ3) is 2.25. The molecule has 1 aliphatic rings. The summed E-state index contributed by atoms with van der Waals surface area (Å²) in [7, 11) is -0.473. The molecule has 1 heterocycles. The number of hydrogen-bond donors (Lipinski definition) is 0. The molecule has 1 fully saturated rings. The molecule has 1 saturated heterocycles. The van der Waals surface area contributed by atoms with Gasteiger partial charge in [0.25, 0.3) is 0 Å². The van der Waals surface area contributed by atoms with Gasteiger partial charge in [0.05, 0.1) is 6.10 Å². The highest BCUT2D eigenvalue weighted by molar-refractivity contribution is 6.60. The van der Waals surface area contributed by atoms with Crippen molar-refractivity contribution in [1.82, 2.24) is 0 Å². The van der Waals surface area contributed by atoms with Gasteiger partial charge in [0, 0.05) is 0 Å². The summed E-state index contributed by atoms with van der Waals surface area (Å²) in [4.78, 5) is 0. The summed E-state index contributed by atoms with van der Waals surface area (Å²) in [5.41, 5.74) is 2.38. The smallest absolute Gasteiger partial charge is 0.228 e. The average Bonchev–Trinajstić information content (AvgIpc) is 1.88. The van der Waals surface area contributed by atoms with Crippen molar-refractivity contribution in [3.63, 3.8) is 0 Å². The van der Waals surface area contributed by atoms with Gasteiger partial charge in [-0.2, -0.15) is 0 Å². The first-order valence-electron chi connectivity index (χ1n) is 4.18. The van der Waals surface area contributed by atoms with Crippen LogP contribution in [0.5, 0.6) is 0 Å². The maximum Gasteiger partial charge on any atom is 0.228 e. The molecule has 1 aliphatic heterocycles. The lowest BCUT2D eigenvalue weighted by atomic mass is 10.2. The predicted octanol–water partition coefficient (Wildman–Crippen LogP) is 1.97. The van der Waals surface area contributed by atoms with Gasteiger partial charge in [-0.3, -0.25) is 0 Å². The zero-order valence-corrected chi connectivity index (χ0v) is 7.89. The third-order valence-electron chi connectivity index (χ3n) is 1.82. The summed E-state index contributed by atoms with van der Waals surface area (Å²) in [6.07, 6.45) is 4.36. The largest absolute Gasteiger partial charge is 0.549 e. The van der Waals surface area contributed by atoms with Gasteiger partial charge in [-0.15, -0.1) is 0 Å². The molecule has 0 bridgehead atoms. The van der Waals surface area contributed by atoms with Crippen molar-refractivity contribution >= 4 is 14.3 Å². The van der Waals surface area contributed by atoms with E-state index in [0.29, 0.717) is 6.10 Å². The monoisotopic (exact) mass is 156 g/mol. The fourth-order valence-corrected chi connectivity index (χ4v) is 3.38. The average molecular weight is 156 g/mol. The van der Waals surface area contributed by atoms with Crippen molar-refractivity contribution in [2.45, 2.75) is 45.3 Å². The molecule has 0 aromatic rings. The molecule has 58 valence electrons. The van der Waals surface area contributed by atoms with Crippen LogP contribution in [0.3, 0.4) is 0 Å². The second kappa shape index (κ2) is 3.91. The minimum Gasteiger partial charge on any atom is -0.549 e. The van der Waals surface area contributed by atoms with Gasteiger partial charge in [-0.05, 0) is 32.2 Å². The van der Waals surface area contributed by atoms with E-state index < -0.39 is 8.65 Å². The van der Waals surface area contributed by atoms with Crippen LogP contribution in [0.1, 0.15) is 33.1 Å². The third-order valence-corrected chi connectivity index (χ3v) is 4.23. The number of hydrogen-bond acceptors (Lipinski definition) is 1. The Morgan fingerprint density at radius 3 is 3.10 bits per heavy atom. The Balaban J connectivity index is 2.39. The van der Waals surface area contributed by atoms with Crippen LogP contribution >= 0.6 is 0 Å². The molecule has 2 heteroatoms. The van der Waals surface area contributed by atoms with Crippen LogP contribution in [0.4, 0.5) is 0 Å². The van der Waals surface area contributed by atoms with Crippen LogP contribution in [0, 0.1) is 0 Å². The van der Waals surface area contributed by atoms with Gasteiger partial charge in [0.1, 0.15) is 0 Å². The molecule has 1 nitrogen and oxygen atoms in total. The highest BCUT2D eigenvalue weighted by atomic mass is 28.3. The molecule has 10 heavy (non-hydrogen) atoms. The van der Waals surface area contributed by atoms with Crippen molar-refractivity contribution in [3.8, 4) is 0 Å². The maximum absolute atomic E-state index is 5.77. The van der Waals surface area contributed by atoms with Crippen LogP contribution in [-0.4, -0.2) is 20.4 Å². The van der Waals surface area contributed by atoms with Gasteiger partial charge in [0.15, 0.2) is 0 Å². The van der Waals surface area contributed by atoms with E-state index in [1.807, 2.05) is 0 Å². The predicted molar refractivity (Wildman–Crippen MR) is 46.7 cm³/mol. The topological polar surface area (TPSA) is 9.23 Å². The molecule has 0 saturated carbocycles. The van der Waals surface area contributed by atoms with Gasteiger partial charge in [0.2, 0.25) is 8.65 Å². The molecular formula is C8H16OSi. The molecule has 0 aromatic carbocycles. The molecule has 0 aromatic heterocycles. The van der Waals surface area contributed by atoms with Crippen molar-refractivity contribution in [3.05, 3.63) is 0 Å². The van der Waals surface area contributed by atoms with Crippen molar-refractivity contribution in [2.75, 3.05) is 0 Å². The fraction of sp³-hybridized carbons (Fsp3) is 0.875. The molecule has 0 spiro atoms. The zero-order chi connectivity index (χ0) is 7.40. The van der Waals surface area contributed by atoms with Crippen LogP contribution in [0.25, 0.3) is 0 Å². The minimum atomic E-state index is -0.473. The standard InChI is InChI=1S/C8H16OSi/c1-3-6-10-7-4-5-8(2)9-10/h6,8H,3-5,7H2,1-2H3. The molecule has 0 radical (unpaired) electrons. The van der Waals surface area contributed by atoms with Gasteiger partial charge in [-0.1, -0.05) is 12.6 Å². The van der Waals surface area contributed by atoms with E-state index in [2.05, 4.69) is 19.5 Å². The lowest BCUT2D eigenvalue weighted by Gasteiger charge is -2.22. The second-order valence-electron chi connectivity index (χ2n) is 2.90. The molecule has 1 unspecified atom stereocenters. The lowest BCUT2D eigenvalue weighted by molar-refractivity contribution is 0.199. The van der Waals surface area contributed by atoms with E-state index in [1.54, 1.807) is 0 Å². The van der Waals surface area contributed by atoms with Crippen LogP contribution < -0.4 is 0 Å². The molecule has 1 atom stereocenters. The summed E-state index contributed by atoms with van der Waals surface area (Å²) in [6, 6.07) is 1.34. The van der Waals surface area contributed by atoms with E-state index in [0.717, 1.165) is 0 Å². The van der Waals surface area contributed by atoms with Crippen LogP contribution in [0.15, 0.2) is 0 Å². The highest BCUT2D eigenvalue weighted by Gasteiger charge is 2.12. The highest BCUT2D eigenvalue weighted by Crippen LogP contribution is 2.12. The Morgan fingerprint density at radius 2 is 2.50 bits per heavy atom. The summed E-state index contributed by atoms with van der Waals surface area (Å²) < 4.78 is 5.77. The Labute approximate surface area is 64.7 Å². The quantitative estimate of drug-likeness (QED) is 0.527. The van der Waals surface area contributed by atoms with E-state index in [-0.39, 0.29) is 0 Å². The fourth-order valence-electron chi connectivity index (χ4n) is 1.32. The Kier molecular flexibility index (Phi) is 3.13. The Morgan fingerprint density at radius 1 is 1.70 bits per heavy atom. The summed E-state index contributed by atoms with van der Waals surface area (Å²) in [6.45, 7) is 4.38. The summed E-state index contributed by atoms with van der Waals surface area (Å²) in [5.74, 6) is 0. The molecule has 0 N–H and O–H groups in total. The van der Waals surface area contributed by atoms with Gasteiger partial charge in [-0.25, -0.2) is 0 Å².